The first kappa shape index (κ1) is 20.7. The highest BCUT2D eigenvalue weighted by Crippen LogP contribution is 2.44. The van der Waals surface area contributed by atoms with Gasteiger partial charge >= 0.3 is 0 Å². The number of ketones is 1. The Morgan fingerprint density at radius 1 is 1.13 bits per heavy atom. The highest BCUT2D eigenvalue weighted by Gasteiger charge is 2.44. The zero-order valence-corrected chi connectivity index (χ0v) is 17.8. The van der Waals surface area contributed by atoms with Gasteiger partial charge < -0.3 is 15.0 Å². The average molecular weight is 447 g/mol. The second-order valence-corrected chi connectivity index (χ2v) is 8.55. The van der Waals surface area contributed by atoms with Gasteiger partial charge in [0.2, 0.25) is 5.91 Å². The Hall–Kier alpha value is -2.57. The third-order valence-corrected chi connectivity index (χ3v) is 6.00. The molecule has 0 aliphatic carbocycles. The van der Waals surface area contributed by atoms with E-state index in [9.17, 15) is 14.4 Å². The minimum Gasteiger partial charge on any atom is -0.484 e. The molecular formula is C22H20Cl2N2O4. The first-order chi connectivity index (χ1) is 14.3. The van der Waals surface area contributed by atoms with Gasteiger partial charge in [-0.2, -0.15) is 0 Å². The number of Topliss-reactive ketones (excluding diaryl/α,β-unsaturated/α-hetero) is 1. The maximum Gasteiger partial charge on any atom is 0.253 e. The van der Waals surface area contributed by atoms with Crippen molar-refractivity contribution >= 4 is 46.5 Å². The molecule has 2 aromatic carbocycles. The van der Waals surface area contributed by atoms with Crippen molar-refractivity contribution in [3.05, 3.63) is 57.6 Å². The van der Waals surface area contributed by atoms with Crippen molar-refractivity contribution in [3.63, 3.8) is 0 Å². The number of carbonyl (C=O) groups excluding carboxylic acids is 3. The van der Waals surface area contributed by atoms with Crippen molar-refractivity contribution in [2.45, 2.75) is 31.8 Å². The Bertz CT molecular complexity index is 1050. The van der Waals surface area contributed by atoms with E-state index >= 15 is 0 Å². The molecule has 0 aromatic heterocycles. The fraction of sp³-hybridized carbons (Fsp3) is 0.318. The summed E-state index contributed by atoms with van der Waals surface area (Å²) < 4.78 is 6.22. The zero-order chi connectivity index (χ0) is 21.5. The SMILES string of the molecule is CC(=O)Nc1cccc(C(=O)N2CCC3(CC2)CC(=O)c2cc(Cl)cc(Cl)c2O3)c1. The molecule has 2 aromatic rings. The van der Waals surface area contributed by atoms with Gasteiger partial charge in [-0.25, -0.2) is 0 Å². The molecule has 6 nitrogen and oxygen atoms in total. The summed E-state index contributed by atoms with van der Waals surface area (Å²) in [6, 6.07) is 10.00. The zero-order valence-electron chi connectivity index (χ0n) is 16.3. The quantitative estimate of drug-likeness (QED) is 0.731. The number of amides is 2. The molecule has 8 heteroatoms. The molecule has 1 N–H and O–H groups in total. The van der Waals surface area contributed by atoms with Crippen molar-refractivity contribution in [2.75, 3.05) is 18.4 Å². The number of nitrogens with one attached hydrogen (secondary N) is 1. The summed E-state index contributed by atoms with van der Waals surface area (Å²) >= 11 is 12.3. The summed E-state index contributed by atoms with van der Waals surface area (Å²) in [4.78, 5) is 38.6. The lowest BCUT2D eigenvalue weighted by molar-refractivity contribution is -0.114. The lowest BCUT2D eigenvalue weighted by atomic mass is 9.82. The third kappa shape index (κ3) is 4.02. The van der Waals surface area contributed by atoms with Gasteiger partial charge in [0.05, 0.1) is 17.0 Å². The molecule has 1 fully saturated rings. The summed E-state index contributed by atoms with van der Waals surface area (Å²) in [5, 5.41) is 3.40. The van der Waals surface area contributed by atoms with Crippen LogP contribution >= 0.6 is 23.2 Å². The molecule has 30 heavy (non-hydrogen) atoms. The van der Waals surface area contributed by atoms with Crippen LogP contribution in [0.1, 0.15) is 46.9 Å². The Kier molecular flexibility index (Phi) is 5.47. The lowest BCUT2D eigenvalue weighted by Gasteiger charge is -2.44. The molecule has 2 amide bonds. The van der Waals surface area contributed by atoms with Crippen molar-refractivity contribution in [1.29, 1.82) is 0 Å². The van der Waals surface area contributed by atoms with Crippen LogP contribution in [0.15, 0.2) is 36.4 Å². The predicted molar refractivity (Wildman–Crippen MR) is 115 cm³/mol. The van der Waals surface area contributed by atoms with Crippen LogP contribution in [0.4, 0.5) is 5.69 Å². The standard InChI is InChI=1S/C22H20Cl2N2O4/c1-13(27)25-16-4-2-3-14(9-16)21(29)26-7-5-22(6-8-26)12-19(28)17-10-15(23)11-18(24)20(17)30-22/h2-4,9-11H,5-8,12H2,1H3,(H,25,27). The van der Waals surface area contributed by atoms with Crippen LogP contribution in [0.25, 0.3) is 0 Å². The van der Waals surface area contributed by atoms with Crippen LogP contribution in [-0.4, -0.2) is 41.2 Å². The van der Waals surface area contributed by atoms with Gasteiger partial charge in [-0.15, -0.1) is 0 Å². The number of halogens is 2. The molecule has 1 spiro atoms. The van der Waals surface area contributed by atoms with Gasteiger partial charge in [-0.05, 0) is 30.3 Å². The van der Waals surface area contributed by atoms with E-state index in [0.29, 0.717) is 58.5 Å². The molecule has 156 valence electrons. The normalized spacial score (nSPS) is 17.3. The van der Waals surface area contributed by atoms with Gasteiger partial charge in [0, 0.05) is 49.1 Å². The first-order valence-corrected chi connectivity index (χ1v) is 10.4. The Balaban J connectivity index is 1.48. The number of piperidine rings is 1. The number of carbonyl (C=O) groups is 3. The second-order valence-electron chi connectivity index (χ2n) is 7.70. The highest BCUT2D eigenvalue weighted by molar-refractivity contribution is 6.36. The second kappa shape index (κ2) is 7.93. The van der Waals surface area contributed by atoms with Crippen LogP contribution in [0, 0.1) is 0 Å². The van der Waals surface area contributed by atoms with Crippen LogP contribution in [0.2, 0.25) is 10.0 Å². The number of hydrogen-bond acceptors (Lipinski definition) is 4. The number of likely N-dealkylation sites (tertiary alicyclic amines) is 1. The maximum absolute atomic E-state index is 12.9. The van der Waals surface area contributed by atoms with E-state index in [2.05, 4.69) is 5.32 Å². The van der Waals surface area contributed by atoms with E-state index in [1.54, 1.807) is 41.3 Å². The molecule has 1 saturated heterocycles. The maximum atomic E-state index is 12.9. The number of rotatable bonds is 2. The summed E-state index contributed by atoms with van der Waals surface area (Å²) in [5.74, 6) is 0.00629. The Morgan fingerprint density at radius 2 is 1.87 bits per heavy atom. The summed E-state index contributed by atoms with van der Waals surface area (Å²) in [6.45, 7) is 2.33. The molecule has 0 unspecified atom stereocenters. The molecule has 2 aliphatic rings. The van der Waals surface area contributed by atoms with Crippen LogP contribution < -0.4 is 10.1 Å². The highest BCUT2D eigenvalue weighted by atomic mass is 35.5. The number of nitrogens with zero attached hydrogens (tertiary/aromatic N) is 1. The van der Waals surface area contributed by atoms with Gasteiger partial charge in [0.15, 0.2) is 5.78 Å². The topological polar surface area (TPSA) is 75.7 Å². The number of ether oxygens (including phenoxy) is 1. The van der Waals surface area contributed by atoms with E-state index in [4.69, 9.17) is 27.9 Å². The number of hydrogen-bond donors (Lipinski definition) is 1. The van der Waals surface area contributed by atoms with Gasteiger partial charge in [-0.3, -0.25) is 14.4 Å². The van der Waals surface area contributed by atoms with E-state index in [1.807, 2.05) is 0 Å². The van der Waals surface area contributed by atoms with Crippen molar-refractivity contribution in [1.82, 2.24) is 4.90 Å². The molecule has 0 bridgehead atoms. The summed E-state index contributed by atoms with van der Waals surface area (Å²) in [7, 11) is 0. The van der Waals surface area contributed by atoms with Crippen molar-refractivity contribution in [2.24, 2.45) is 0 Å². The van der Waals surface area contributed by atoms with Crippen LogP contribution in [-0.2, 0) is 4.79 Å². The van der Waals surface area contributed by atoms with Gasteiger partial charge in [0.25, 0.3) is 5.91 Å². The molecular weight excluding hydrogens is 427 g/mol. The van der Waals surface area contributed by atoms with E-state index in [0.717, 1.165) is 0 Å². The fourth-order valence-corrected chi connectivity index (χ4v) is 4.56. The molecule has 4 rings (SSSR count). The van der Waals surface area contributed by atoms with Gasteiger partial charge in [-0.1, -0.05) is 29.3 Å². The average Bonchev–Trinajstić information content (AvgIpc) is 2.69. The number of anilines is 1. The van der Waals surface area contributed by atoms with Crippen LogP contribution in [0.3, 0.4) is 0 Å². The van der Waals surface area contributed by atoms with Crippen LogP contribution in [0.5, 0.6) is 5.75 Å². The van der Waals surface area contributed by atoms with E-state index < -0.39 is 5.60 Å². The van der Waals surface area contributed by atoms with E-state index in [-0.39, 0.29) is 24.0 Å². The Morgan fingerprint density at radius 3 is 2.57 bits per heavy atom. The fourth-order valence-electron chi connectivity index (χ4n) is 4.02. The summed E-state index contributed by atoms with van der Waals surface area (Å²) in [6.07, 6.45) is 1.28. The molecule has 0 saturated carbocycles. The Labute approximate surface area is 184 Å². The molecule has 0 radical (unpaired) electrons. The molecule has 2 heterocycles. The predicted octanol–water partition coefficient (Wildman–Crippen LogP) is 4.59. The van der Waals surface area contributed by atoms with Crippen molar-refractivity contribution in [3.8, 4) is 5.75 Å². The first-order valence-electron chi connectivity index (χ1n) is 9.64. The van der Waals surface area contributed by atoms with Gasteiger partial charge in [0.1, 0.15) is 11.4 Å². The third-order valence-electron chi connectivity index (χ3n) is 5.50. The summed E-state index contributed by atoms with van der Waals surface area (Å²) in [5.41, 5.74) is 0.816. The molecule has 2 aliphatic heterocycles. The smallest absolute Gasteiger partial charge is 0.253 e. The monoisotopic (exact) mass is 446 g/mol. The largest absolute Gasteiger partial charge is 0.484 e. The number of fused-ring (bicyclic) bond motifs is 1. The van der Waals surface area contributed by atoms with Crippen molar-refractivity contribution < 1.29 is 19.1 Å². The minimum atomic E-state index is -0.670. The van der Waals surface area contributed by atoms with E-state index in [1.165, 1.54) is 6.92 Å². The lowest BCUT2D eigenvalue weighted by Crippen LogP contribution is -2.52. The minimum absolute atomic E-state index is 0.0524. The number of benzene rings is 2. The molecule has 0 atom stereocenters.